The lowest BCUT2D eigenvalue weighted by Gasteiger charge is -2.13. The Kier molecular flexibility index (Phi) is 6.27. The number of aryl methyl sites for hydroxylation is 1. The molecular formula is C12H13BrClF3. The van der Waals surface area contributed by atoms with E-state index < -0.39 is 11.7 Å². The van der Waals surface area contributed by atoms with E-state index in [2.05, 4.69) is 22.5 Å². The maximum absolute atomic E-state index is 12.4. The van der Waals surface area contributed by atoms with E-state index in [-0.39, 0.29) is 10.6 Å². The highest BCUT2D eigenvalue weighted by Gasteiger charge is 2.34. The zero-order valence-corrected chi connectivity index (χ0v) is 12.1. The van der Waals surface area contributed by atoms with Crippen LogP contribution in [0.15, 0.2) is 23.2 Å². The lowest BCUT2D eigenvalue weighted by molar-refractivity contribution is -0.0686. The Hall–Kier alpha value is -0.480. The third-order valence-electron chi connectivity index (χ3n) is 1.92. The molecule has 1 rings (SSSR count). The van der Waals surface area contributed by atoms with Crippen LogP contribution in [-0.2, 0) is 0 Å². The van der Waals surface area contributed by atoms with Crippen molar-refractivity contribution in [2.24, 2.45) is 0 Å². The maximum atomic E-state index is 12.4. The van der Waals surface area contributed by atoms with Crippen molar-refractivity contribution in [3.05, 3.63) is 39.3 Å². The van der Waals surface area contributed by atoms with Crippen LogP contribution in [0.2, 0.25) is 5.02 Å². The molecule has 1 aromatic rings. The summed E-state index contributed by atoms with van der Waals surface area (Å²) in [5.41, 5.74) is -0.326. The van der Waals surface area contributed by atoms with Crippen LogP contribution in [0.5, 0.6) is 0 Å². The highest BCUT2D eigenvalue weighted by molar-refractivity contribution is 9.10. The zero-order valence-electron chi connectivity index (χ0n) is 9.75. The molecular weight excluding hydrogens is 316 g/mol. The first kappa shape index (κ1) is 16.5. The fraction of sp³-hybridized carbons (Fsp3) is 0.333. The van der Waals surface area contributed by atoms with Crippen LogP contribution in [0.25, 0.3) is 5.57 Å². The molecule has 0 saturated heterocycles. The van der Waals surface area contributed by atoms with E-state index in [0.29, 0.717) is 10.0 Å². The molecule has 0 aromatic heterocycles. The Morgan fingerprint density at radius 3 is 2.18 bits per heavy atom. The molecule has 0 amide bonds. The number of hydrogen-bond acceptors (Lipinski definition) is 0. The van der Waals surface area contributed by atoms with Gasteiger partial charge in [-0.05, 0) is 24.6 Å². The van der Waals surface area contributed by atoms with E-state index in [1.165, 1.54) is 12.1 Å². The van der Waals surface area contributed by atoms with Gasteiger partial charge < -0.3 is 0 Å². The van der Waals surface area contributed by atoms with Gasteiger partial charge in [0.05, 0.1) is 5.57 Å². The van der Waals surface area contributed by atoms with Crippen molar-refractivity contribution in [3.63, 3.8) is 0 Å². The van der Waals surface area contributed by atoms with Gasteiger partial charge in [0.15, 0.2) is 0 Å². The number of benzene rings is 1. The van der Waals surface area contributed by atoms with Gasteiger partial charge in [-0.3, -0.25) is 0 Å². The molecule has 0 N–H and O–H groups in total. The minimum absolute atomic E-state index is 0.0369. The summed E-state index contributed by atoms with van der Waals surface area (Å²) in [6, 6.07) is 2.80. The molecule has 0 unspecified atom stereocenters. The summed E-state index contributed by atoms with van der Waals surface area (Å²) < 4.78 is 37.8. The van der Waals surface area contributed by atoms with Crippen molar-refractivity contribution in [2.75, 3.05) is 0 Å². The van der Waals surface area contributed by atoms with Crippen molar-refractivity contribution >= 4 is 33.1 Å². The highest BCUT2D eigenvalue weighted by Crippen LogP contribution is 2.37. The zero-order chi connectivity index (χ0) is 13.8. The van der Waals surface area contributed by atoms with Gasteiger partial charge in [0.2, 0.25) is 0 Å². The summed E-state index contributed by atoms with van der Waals surface area (Å²) >= 11 is 8.90. The topological polar surface area (TPSA) is 0 Å². The number of allylic oxidation sites excluding steroid dienone is 1. The molecule has 17 heavy (non-hydrogen) atoms. The standard InChI is InChI=1S/C10H7BrClF3.C2H6/c1-5-3-7(6(2)10(13,14)15)9(12)4-8(5)11;1-2/h3-4H,2H2,1H3;1-2H3. The molecule has 5 heteroatoms. The van der Waals surface area contributed by atoms with E-state index >= 15 is 0 Å². The number of alkyl halides is 3. The SMILES string of the molecule is C=C(c1cc(C)c(Br)cc1Cl)C(F)(F)F.CC. The van der Waals surface area contributed by atoms with Crippen molar-refractivity contribution in [3.8, 4) is 0 Å². The monoisotopic (exact) mass is 328 g/mol. The summed E-state index contributed by atoms with van der Waals surface area (Å²) in [6.45, 7) is 8.69. The number of hydrogen-bond donors (Lipinski definition) is 0. The van der Waals surface area contributed by atoms with Crippen molar-refractivity contribution in [1.29, 1.82) is 0 Å². The third kappa shape index (κ3) is 4.36. The minimum atomic E-state index is -4.45. The summed E-state index contributed by atoms with van der Waals surface area (Å²) in [5.74, 6) is 0. The Morgan fingerprint density at radius 2 is 1.76 bits per heavy atom. The van der Waals surface area contributed by atoms with Gasteiger partial charge in [-0.1, -0.05) is 48.0 Å². The molecule has 0 aliphatic carbocycles. The van der Waals surface area contributed by atoms with Crippen LogP contribution in [0.4, 0.5) is 13.2 Å². The quantitative estimate of drug-likeness (QED) is 0.591. The summed E-state index contributed by atoms with van der Waals surface area (Å²) in [6.07, 6.45) is -4.45. The van der Waals surface area contributed by atoms with Crippen molar-refractivity contribution < 1.29 is 13.2 Å². The van der Waals surface area contributed by atoms with Gasteiger partial charge in [-0.2, -0.15) is 13.2 Å². The molecule has 0 aliphatic heterocycles. The van der Waals surface area contributed by atoms with E-state index in [1.54, 1.807) is 6.92 Å². The van der Waals surface area contributed by atoms with Crippen molar-refractivity contribution in [2.45, 2.75) is 26.9 Å². The molecule has 1 aromatic carbocycles. The second kappa shape index (κ2) is 6.45. The van der Waals surface area contributed by atoms with Crippen LogP contribution >= 0.6 is 27.5 Å². The summed E-state index contributed by atoms with van der Waals surface area (Å²) in [4.78, 5) is 0. The number of halogens is 5. The minimum Gasteiger partial charge on any atom is -0.166 e. The van der Waals surface area contributed by atoms with Crippen LogP contribution in [0.3, 0.4) is 0 Å². The average molecular weight is 330 g/mol. The predicted octanol–water partition coefficient (Wildman–Crippen LogP) is 6.01. The smallest absolute Gasteiger partial charge is 0.166 e. The highest BCUT2D eigenvalue weighted by atomic mass is 79.9. The largest absolute Gasteiger partial charge is 0.416 e. The Morgan fingerprint density at radius 1 is 1.29 bits per heavy atom. The molecule has 0 bridgehead atoms. The third-order valence-corrected chi connectivity index (χ3v) is 3.08. The molecule has 96 valence electrons. The molecule has 0 fully saturated rings. The first-order valence-corrected chi connectivity index (χ1v) is 6.12. The van der Waals surface area contributed by atoms with Crippen molar-refractivity contribution in [1.82, 2.24) is 0 Å². The number of rotatable bonds is 1. The Labute approximate surface area is 113 Å². The predicted molar refractivity (Wildman–Crippen MR) is 70.3 cm³/mol. The van der Waals surface area contributed by atoms with Gasteiger partial charge in [-0.15, -0.1) is 0 Å². The molecule has 0 nitrogen and oxygen atoms in total. The lowest BCUT2D eigenvalue weighted by Crippen LogP contribution is -2.10. The van der Waals surface area contributed by atoms with E-state index in [1.807, 2.05) is 13.8 Å². The van der Waals surface area contributed by atoms with Crippen LogP contribution < -0.4 is 0 Å². The summed E-state index contributed by atoms with van der Waals surface area (Å²) in [7, 11) is 0. The second-order valence-electron chi connectivity index (χ2n) is 3.06. The fourth-order valence-corrected chi connectivity index (χ4v) is 1.79. The van der Waals surface area contributed by atoms with Crippen LogP contribution in [0.1, 0.15) is 25.0 Å². The van der Waals surface area contributed by atoms with E-state index in [9.17, 15) is 13.2 Å². The molecule has 0 heterocycles. The lowest BCUT2D eigenvalue weighted by atomic mass is 10.0. The van der Waals surface area contributed by atoms with Gasteiger partial charge >= 0.3 is 6.18 Å². The second-order valence-corrected chi connectivity index (χ2v) is 4.32. The first-order valence-electron chi connectivity index (χ1n) is 4.95. The normalized spacial score (nSPS) is 10.6. The van der Waals surface area contributed by atoms with Gasteiger partial charge in [0.25, 0.3) is 0 Å². The van der Waals surface area contributed by atoms with Crippen LogP contribution in [-0.4, -0.2) is 6.18 Å². The van der Waals surface area contributed by atoms with E-state index in [0.717, 1.165) is 0 Å². The first-order chi connectivity index (χ1) is 7.73. The maximum Gasteiger partial charge on any atom is 0.416 e. The van der Waals surface area contributed by atoms with Gasteiger partial charge in [0, 0.05) is 15.1 Å². The molecule has 0 aliphatic rings. The Bertz CT molecular complexity index is 411. The molecule has 0 spiro atoms. The van der Waals surface area contributed by atoms with Gasteiger partial charge in [-0.25, -0.2) is 0 Å². The Balaban J connectivity index is 0.00000121. The fourth-order valence-electron chi connectivity index (χ4n) is 1.04. The summed E-state index contributed by atoms with van der Waals surface area (Å²) in [5, 5.41) is 0.0369. The molecule has 0 radical (unpaired) electrons. The molecule has 0 atom stereocenters. The average Bonchev–Trinajstić information content (AvgIpc) is 2.24. The molecule has 0 saturated carbocycles. The van der Waals surface area contributed by atoms with Gasteiger partial charge in [0.1, 0.15) is 0 Å². The van der Waals surface area contributed by atoms with Crippen LogP contribution in [0, 0.1) is 6.92 Å². The van der Waals surface area contributed by atoms with E-state index in [4.69, 9.17) is 11.6 Å².